The summed E-state index contributed by atoms with van der Waals surface area (Å²) in [7, 11) is 0. The van der Waals surface area contributed by atoms with E-state index in [0.717, 1.165) is 25.9 Å². The van der Waals surface area contributed by atoms with Crippen molar-refractivity contribution in [3.63, 3.8) is 0 Å². The standard InChI is InChI=1S/C13H25N3O2S.ClH/c1-13(2,10-14)15-11(17)8-19-9-12(18)16-6-4-3-5-7-16;/h3-10,14H2,1-2H3,(H,15,17);1H. The van der Waals surface area contributed by atoms with Gasteiger partial charge in [-0.25, -0.2) is 0 Å². The van der Waals surface area contributed by atoms with E-state index in [1.807, 2.05) is 18.7 Å². The van der Waals surface area contributed by atoms with Gasteiger partial charge in [0, 0.05) is 25.2 Å². The minimum atomic E-state index is -0.380. The highest BCUT2D eigenvalue weighted by Crippen LogP contribution is 2.11. The van der Waals surface area contributed by atoms with Crippen LogP contribution in [0.2, 0.25) is 0 Å². The SMILES string of the molecule is CC(C)(CN)NC(=O)CSCC(=O)N1CCCCC1.Cl. The Labute approximate surface area is 131 Å². The number of hydrogen-bond acceptors (Lipinski definition) is 4. The molecule has 1 heterocycles. The molecule has 5 nitrogen and oxygen atoms in total. The molecule has 1 rings (SSSR count). The number of thioether (sulfide) groups is 1. The van der Waals surface area contributed by atoms with E-state index < -0.39 is 0 Å². The number of halogens is 1. The van der Waals surface area contributed by atoms with E-state index in [4.69, 9.17) is 5.73 Å². The van der Waals surface area contributed by atoms with Crippen molar-refractivity contribution in [3.8, 4) is 0 Å². The fourth-order valence-corrected chi connectivity index (χ4v) is 2.65. The number of nitrogens with two attached hydrogens (primary N) is 1. The normalized spacial score (nSPS) is 15.4. The van der Waals surface area contributed by atoms with Crippen LogP contribution in [0.5, 0.6) is 0 Å². The molecule has 0 atom stereocenters. The van der Waals surface area contributed by atoms with Gasteiger partial charge < -0.3 is 16.0 Å². The number of rotatable bonds is 6. The number of hydrogen-bond donors (Lipinski definition) is 2. The molecule has 1 aliphatic rings. The van der Waals surface area contributed by atoms with E-state index in [2.05, 4.69) is 5.32 Å². The number of amides is 2. The molecule has 0 bridgehead atoms. The van der Waals surface area contributed by atoms with Gasteiger partial charge in [0.1, 0.15) is 0 Å². The van der Waals surface area contributed by atoms with Gasteiger partial charge in [-0.3, -0.25) is 9.59 Å². The molecule has 20 heavy (non-hydrogen) atoms. The van der Waals surface area contributed by atoms with Crippen LogP contribution in [0.3, 0.4) is 0 Å². The minimum Gasteiger partial charge on any atom is -0.349 e. The molecule has 0 aromatic rings. The highest BCUT2D eigenvalue weighted by molar-refractivity contribution is 8.00. The second-order valence-corrected chi connectivity index (χ2v) is 6.56. The van der Waals surface area contributed by atoms with Crippen LogP contribution < -0.4 is 11.1 Å². The fraction of sp³-hybridized carbons (Fsp3) is 0.846. The predicted molar refractivity (Wildman–Crippen MR) is 86.3 cm³/mol. The highest BCUT2D eigenvalue weighted by Gasteiger charge is 2.19. The van der Waals surface area contributed by atoms with Crippen LogP contribution in [-0.4, -0.2) is 53.4 Å². The van der Waals surface area contributed by atoms with Crippen molar-refractivity contribution in [2.24, 2.45) is 5.73 Å². The molecule has 2 amide bonds. The maximum atomic E-state index is 11.9. The molecule has 1 fully saturated rings. The van der Waals surface area contributed by atoms with Gasteiger partial charge >= 0.3 is 0 Å². The molecule has 1 saturated heterocycles. The first kappa shape index (κ1) is 19.5. The second-order valence-electron chi connectivity index (χ2n) is 5.57. The Bertz CT molecular complexity index is 321. The van der Waals surface area contributed by atoms with Gasteiger partial charge in [0.05, 0.1) is 11.5 Å². The van der Waals surface area contributed by atoms with Crippen molar-refractivity contribution in [2.75, 3.05) is 31.1 Å². The van der Waals surface area contributed by atoms with Crippen molar-refractivity contribution >= 4 is 36.0 Å². The molecule has 0 saturated carbocycles. The lowest BCUT2D eigenvalue weighted by Gasteiger charge is -2.27. The van der Waals surface area contributed by atoms with Gasteiger partial charge in [-0.05, 0) is 33.1 Å². The first-order valence-corrected chi connectivity index (χ1v) is 7.97. The second kappa shape index (κ2) is 9.47. The first-order chi connectivity index (χ1) is 8.94. The summed E-state index contributed by atoms with van der Waals surface area (Å²) in [6.45, 7) is 5.90. The van der Waals surface area contributed by atoms with E-state index in [9.17, 15) is 9.59 Å². The van der Waals surface area contributed by atoms with Gasteiger partial charge in [-0.1, -0.05) is 0 Å². The molecule has 0 aliphatic carbocycles. The molecular weight excluding hydrogens is 298 g/mol. The van der Waals surface area contributed by atoms with E-state index in [1.165, 1.54) is 18.2 Å². The number of piperidine rings is 1. The fourth-order valence-electron chi connectivity index (χ4n) is 1.93. The minimum absolute atomic E-state index is 0. The quantitative estimate of drug-likeness (QED) is 0.765. The van der Waals surface area contributed by atoms with E-state index in [0.29, 0.717) is 18.1 Å². The molecule has 0 aromatic carbocycles. The summed E-state index contributed by atoms with van der Waals surface area (Å²) in [5.41, 5.74) is 5.17. The van der Waals surface area contributed by atoms with Gasteiger partial charge in [0.25, 0.3) is 0 Å². The van der Waals surface area contributed by atoms with E-state index in [-0.39, 0.29) is 29.8 Å². The Morgan fingerprint density at radius 1 is 1.20 bits per heavy atom. The number of carbonyl (C=O) groups is 2. The molecule has 0 radical (unpaired) electrons. The third kappa shape index (κ3) is 7.36. The predicted octanol–water partition coefficient (Wildman–Crippen LogP) is 1.01. The number of carbonyl (C=O) groups excluding carboxylic acids is 2. The zero-order valence-corrected chi connectivity index (χ0v) is 13.9. The first-order valence-electron chi connectivity index (χ1n) is 6.81. The number of nitrogens with one attached hydrogen (secondary N) is 1. The Kier molecular flexibility index (Phi) is 9.25. The Morgan fingerprint density at radius 2 is 1.80 bits per heavy atom. The molecule has 7 heteroatoms. The third-order valence-corrected chi connectivity index (χ3v) is 4.07. The topological polar surface area (TPSA) is 75.4 Å². The Morgan fingerprint density at radius 3 is 2.35 bits per heavy atom. The molecule has 0 unspecified atom stereocenters. The van der Waals surface area contributed by atoms with Crippen LogP contribution in [0.25, 0.3) is 0 Å². The lowest BCUT2D eigenvalue weighted by molar-refractivity contribution is -0.129. The molecule has 0 aromatic heterocycles. The van der Waals surface area contributed by atoms with Crippen molar-refractivity contribution < 1.29 is 9.59 Å². The van der Waals surface area contributed by atoms with Crippen molar-refractivity contribution in [1.82, 2.24) is 10.2 Å². The lowest BCUT2D eigenvalue weighted by Crippen LogP contribution is -2.49. The summed E-state index contributed by atoms with van der Waals surface area (Å²) in [5.74, 6) is 0.780. The monoisotopic (exact) mass is 323 g/mol. The molecule has 0 spiro atoms. The summed E-state index contributed by atoms with van der Waals surface area (Å²) < 4.78 is 0. The average Bonchev–Trinajstić information content (AvgIpc) is 2.39. The maximum Gasteiger partial charge on any atom is 0.232 e. The van der Waals surface area contributed by atoms with Crippen LogP contribution >= 0.6 is 24.2 Å². The van der Waals surface area contributed by atoms with Gasteiger partial charge in [0.2, 0.25) is 11.8 Å². The Balaban J connectivity index is 0.00000361. The van der Waals surface area contributed by atoms with Crippen LogP contribution in [0.4, 0.5) is 0 Å². The molecule has 1 aliphatic heterocycles. The molecular formula is C13H26ClN3O2S. The lowest BCUT2D eigenvalue weighted by atomic mass is 10.1. The van der Waals surface area contributed by atoms with Gasteiger partial charge in [0.15, 0.2) is 0 Å². The number of nitrogens with zero attached hydrogens (tertiary/aromatic N) is 1. The van der Waals surface area contributed by atoms with Crippen LogP contribution in [0.15, 0.2) is 0 Å². The smallest absolute Gasteiger partial charge is 0.232 e. The summed E-state index contributed by atoms with van der Waals surface area (Å²) in [6, 6.07) is 0. The van der Waals surface area contributed by atoms with Crippen LogP contribution in [0.1, 0.15) is 33.1 Å². The summed E-state index contributed by atoms with van der Waals surface area (Å²) in [5, 5.41) is 2.85. The van der Waals surface area contributed by atoms with Crippen LogP contribution in [-0.2, 0) is 9.59 Å². The van der Waals surface area contributed by atoms with Crippen molar-refractivity contribution in [3.05, 3.63) is 0 Å². The zero-order chi connectivity index (χ0) is 14.3. The largest absolute Gasteiger partial charge is 0.349 e. The average molecular weight is 324 g/mol. The van der Waals surface area contributed by atoms with Gasteiger partial charge in [-0.15, -0.1) is 24.2 Å². The summed E-state index contributed by atoms with van der Waals surface area (Å²) in [4.78, 5) is 25.4. The van der Waals surface area contributed by atoms with E-state index in [1.54, 1.807) is 0 Å². The molecule has 118 valence electrons. The van der Waals surface area contributed by atoms with E-state index >= 15 is 0 Å². The Hall–Kier alpha value is -0.460. The maximum absolute atomic E-state index is 11.9. The third-order valence-electron chi connectivity index (χ3n) is 3.16. The van der Waals surface area contributed by atoms with Gasteiger partial charge in [-0.2, -0.15) is 0 Å². The highest BCUT2D eigenvalue weighted by atomic mass is 35.5. The summed E-state index contributed by atoms with van der Waals surface area (Å²) in [6.07, 6.45) is 3.41. The van der Waals surface area contributed by atoms with Crippen molar-refractivity contribution in [2.45, 2.75) is 38.6 Å². The molecule has 3 N–H and O–H groups in total. The zero-order valence-electron chi connectivity index (χ0n) is 12.3. The number of likely N-dealkylation sites (tertiary alicyclic amines) is 1. The summed E-state index contributed by atoms with van der Waals surface area (Å²) >= 11 is 1.37. The van der Waals surface area contributed by atoms with Crippen molar-refractivity contribution in [1.29, 1.82) is 0 Å². The van der Waals surface area contributed by atoms with Crippen LogP contribution in [0, 0.1) is 0 Å².